The zero-order valence-corrected chi connectivity index (χ0v) is 14.0. The molecule has 4 rings (SSSR count). The standard InChI is InChI=1S/C20H14N4O3/c25-20(23-17-8-4-5-11-21-17)19-18(13-6-2-1-3-7-13)15-12-14(24(26)27)9-10-16(15)22-19/h1-12,22H,(H,21,23,25). The monoisotopic (exact) mass is 358 g/mol. The topological polar surface area (TPSA) is 101 Å². The van der Waals surface area contributed by atoms with Gasteiger partial charge in [-0.05, 0) is 23.8 Å². The summed E-state index contributed by atoms with van der Waals surface area (Å²) in [5, 5.41) is 14.5. The van der Waals surface area contributed by atoms with Crippen molar-refractivity contribution in [1.29, 1.82) is 0 Å². The van der Waals surface area contributed by atoms with E-state index >= 15 is 0 Å². The number of nitrogens with one attached hydrogen (secondary N) is 2. The van der Waals surface area contributed by atoms with Gasteiger partial charge in [0.2, 0.25) is 0 Å². The van der Waals surface area contributed by atoms with Crippen molar-refractivity contribution in [2.75, 3.05) is 5.32 Å². The van der Waals surface area contributed by atoms with Gasteiger partial charge in [0.1, 0.15) is 11.5 Å². The van der Waals surface area contributed by atoms with Gasteiger partial charge in [0, 0.05) is 34.8 Å². The van der Waals surface area contributed by atoms with Crippen LogP contribution in [0.25, 0.3) is 22.0 Å². The average molecular weight is 358 g/mol. The lowest BCUT2D eigenvalue weighted by Gasteiger charge is -2.06. The molecular formula is C20H14N4O3. The van der Waals surface area contributed by atoms with Crippen molar-refractivity contribution >= 4 is 28.3 Å². The maximum absolute atomic E-state index is 12.9. The quantitative estimate of drug-likeness (QED) is 0.417. The Bertz CT molecular complexity index is 1140. The predicted octanol–water partition coefficient (Wildman–Crippen LogP) is 4.39. The van der Waals surface area contributed by atoms with E-state index in [0.717, 1.165) is 5.56 Å². The van der Waals surface area contributed by atoms with E-state index in [0.29, 0.717) is 28.0 Å². The van der Waals surface area contributed by atoms with Gasteiger partial charge in [0.05, 0.1) is 4.92 Å². The minimum absolute atomic E-state index is 0.0321. The summed E-state index contributed by atoms with van der Waals surface area (Å²) in [5.74, 6) is 0.0533. The minimum Gasteiger partial charge on any atom is -0.350 e. The van der Waals surface area contributed by atoms with Crippen LogP contribution in [0.2, 0.25) is 0 Å². The lowest BCUT2D eigenvalue weighted by atomic mass is 10.0. The molecule has 2 aromatic carbocycles. The first-order valence-electron chi connectivity index (χ1n) is 8.21. The van der Waals surface area contributed by atoms with Crippen LogP contribution in [-0.2, 0) is 0 Å². The molecule has 0 radical (unpaired) electrons. The number of nitrogens with zero attached hydrogens (tertiary/aromatic N) is 2. The second-order valence-corrected chi connectivity index (χ2v) is 5.90. The van der Waals surface area contributed by atoms with Crippen molar-refractivity contribution in [2.24, 2.45) is 0 Å². The molecule has 0 aliphatic rings. The van der Waals surface area contributed by atoms with Crippen molar-refractivity contribution in [3.63, 3.8) is 0 Å². The number of aromatic nitrogens is 2. The highest BCUT2D eigenvalue weighted by atomic mass is 16.6. The van der Waals surface area contributed by atoms with E-state index in [2.05, 4.69) is 15.3 Å². The number of carbonyl (C=O) groups excluding carboxylic acids is 1. The van der Waals surface area contributed by atoms with Gasteiger partial charge in [-0.1, -0.05) is 36.4 Å². The van der Waals surface area contributed by atoms with Gasteiger partial charge in [-0.3, -0.25) is 14.9 Å². The summed E-state index contributed by atoms with van der Waals surface area (Å²) in [6, 6.07) is 19.0. The Balaban J connectivity index is 1.89. The molecule has 27 heavy (non-hydrogen) atoms. The van der Waals surface area contributed by atoms with Crippen LogP contribution in [0.15, 0.2) is 72.9 Å². The fraction of sp³-hybridized carbons (Fsp3) is 0. The summed E-state index contributed by atoms with van der Waals surface area (Å²) in [6.45, 7) is 0. The number of H-pyrrole nitrogens is 1. The molecule has 0 aliphatic carbocycles. The summed E-state index contributed by atoms with van der Waals surface area (Å²) in [6.07, 6.45) is 1.59. The largest absolute Gasteiger partial charge is 0.350 e. The molecule has 132 valence electrons. The van der Waals surface area contributed by atoms with Gasteiger partial charge in [-0.25, -0.2) is 4.98 Å². The highest BCUT2D eigenvalue weighted by Gasteiger charge is 2.21. The first-order valence-corrected chi connectivity index (χ1v) is 8.21. The molecule has 7 heteroatoms. The molecule has 0 saturated heterocycles. The van der Waals surface area contributed by atoms with Crippen LogP contribution in [0.4, 0.5) is 11.5 Å². The van der Waals surface area contributed by atoms with Crippen molar-refractivity contribution in [2.45, 2.75) is 0 Å². The molecule has 0 bridgehead atoms. The maximum atomic E-state index is 12.9. The third-order valence-corrected chi connectivity index (χ3v) is 4.19. The lowest BCUT2D eigenvalue weighted by molar-refractivity contribution is -0.384. The van der Waals surface area contributed by atoms with E-state index in [1.165, 1.54) is 12.1 Å². The van der Waals surface area contributed by atoms with Gasteiger partial charge < -0.3 is 10.3 Å². The Kier molecular flexibility index (Phi) is 4.10. The molecule has 0 atom stereocenters. The Morgan fingerprint density at radius 3 is 2.52 bits per heavy atom. The van der Waals surface area contributed by atoms with Crippen LogP contribution < -0.4 is 5.32 Å². The van der Waals surface area contributed by atoms with Crippen molar-refractivity contribution in [3.05, 3.63) is 88.7 Å². The number of amides is 1. The molecule has 0 aliphatic heterocycles. The van der Waals surface area contributed by atoms with Gasteiger partial charge in [0.25, 0.3) is 11.6 Å². The van der Waals surface area contributed by atoms with E-state index < -0.39 is 4.92 Å². The second-order valence-electron chi connectivity index (χ2n) is 5.90. The number of pyridine rings is 1. The number of rotatable bonds is 4. The zero-order chi connectivity index (χ0) is 18.8. The number of nitro groups is 1. The fourth-order valence-electron chi connectivity index (χ4n) is 2.98. The molecule has 2 heterocycles. The van der Waals surface area contributed by atoms with E-state index in [4.69, 9.17) is 0 Å². The van der Waals surface area contributed by atoms with Crippen molar-refractivity contribution in [1.82, 2.24) is 9.97 Å². The minimum atomic E-state index is -0.450. The van der Waals surface area contributed by atoms with Crippen LogP contribution in [0.1, 0.15) is 10.5 Å². The summed E-state index contributed by atoms with van der Waals surface area (Å²) < 4.78 is 0. The van der Waals surface area contributed by atoms with Crippen LogP contribution in [-0.4, -0.2) is 20.8 Å². The summed E-state index contributed by atoms with van der Waals surface area (Å²) in [5.41, 5.74) is 2.33. The molecule has 0 fully saturated rings. The molecule has 0 spiro atoms. The van der Waals surface area contributed by atoms with Gasteiger partial charge in [-0.15, -0.1) is 0 Å². The molecule has 0 unspecified atom stereocenters. The maximum Gasteiger partial charge on any atom is 0.273 e. The number of benzene rings is 2. The molecule has 2 N–H and O–H groups in total. The van der Waals surface area contributed by atoms with Crippen molar-refractivity contribution < 1.29 is 9.72 Å². The van der Waals surface area contributed by atoms with Crippen LogP contribution in [0.5, 0.6) is 0 Å². The SMILES string of the molecule is O=C(Nc1ccccn1)c1[nH]c2ccc([N+](=O)[O-])cc2c1-c1ccccc1. The third-order valence-electron chi connectivity index (χ3n) is 4.19. The molecule has 2 aromatic heterocycles. The highest BCUT2D eigenvalue weighted by Crippen LogP contribution is 2.34. The van der Waals surface area contributed by atoms with Crippen LogP contribution >= 0.6 is 0 Å². The zero-order valence-electron chi connectivity index (χ0n) is 14.0. The summed E-state index contributed by atoms with van der Waals surface area (Å²) in [4.78, 5) is 30.8. The molecule has 4 aromatic rings. The number of aromatic amines is 1. The highest BCUT2D eigenvalue weighted by molar-refractivity contribution is 6.14. The van der Waals surface area contributed by atoms with E-state index in [1.807, 2.05) is 30.3 Å². The van der Waals surface area contributed by atoms with Crippen molar-refractivity contribution in [3.8, 4) is 11.1 Å². The number of anilines is 1. The van der Waals surface area contributed by atoms with Crippen LogP contribution in [0.3, 0.4) is 0 Å². The number of hydrogen-bond acceptors (Lipinski definition) is 4. The second kappa shape index (κ2) is 6.72. The van der Waals surface area contributed by atoms with E-state index in [9.17, 15) is 14.9 Å². The predicted molar refractivity (Wildman–Crippen MR) is 103 cm³/mol. The number of nitro benzene ring substituents is 1. The third kappa shape index (κ3) is 3.13. The number of carbonyl (C=O) groups is 1. The number of non-ortho nitro benzene ring substituents is 1. The fourth-order valence-corrected chi connectivity index (χ4v) is 2.98. The van der Waals surface area contributed by atoms with Gasteiger partial charge in [0.15, 0.2) is 0 Å². The smallest absolute Gasteiger partial charge is 0.273 e. The average Bonchev–Trinajstić information content (AvgIpc) is 3.08. The summed E-state index contributed by atoms with van der Waals surface area (Å²) >= 11 is 0. The molecule has 0 saturated carbocycles. The first-order chi connectivity index (χ1) is 13.1. The molecule has 1 amide bonds. The molecular weight excluding hydrogens is 344 g/mol. The Labute approximate surface area is 153 Å². The van der Waals surface area contributed by atoms with E-state index in [-0.39, 0.29) is 11.6 Å². The Hall–Kier alpha value is -4.00. The molecule has 7 nitrogen and oxygen atoms in total. The van der Waals surface area contributed by atoms with Gasteiger partial charge in [-0.2, -0.15) is 0 Å². The van der Waals surface area contributed by atoms with E-state index in [1.54, 1.807) is 30.5 Å². The Morgan fingerprint density at radius 1 is 1.04 bits per heavy atom. The van der Waals surface area contributed by atoms with Gasteiger partial charge >= 0.3 is 0 Å². The number of fused-ring (bicyclic) bond motifs is 1. The normalized spacial score (nSPS) is 10.7. The lowest BCUT2D eigenvalue weighted by Crippen LogP contribution is -2.14. The first kappa shape index (κ1) is 16.5. The van der Waals surface area contributed by atoms with Crippen LogP contribution in [0, 0.1) is 10.1 Å². The summed E-state index contributed by atoms with van der Waals surface area (Å²) in [7, 11) is 0. The number of hydrogen-bond donors (Lipinski definition) is 2. The Morgan fingerprint density at radius 2 is 1.81 bits per heavy atom.